The second-order valence-corrected chi connectivity index (χ2v) is 0.692. The number of hydrogen-bond donors (Lipinski definition) is 2. The van der Waals surface area contributed by atoms with Gasteiger partial charge < -0.3 is 0 Å². The van der Waals surface area contributed by atoms with Crippen LogP contribution in [0, 0.1) is 0 Å². The SMILES string of the molecule is O=S(O)O.[GaH3]. The van der Waals surface area contributed by atoms with E-state index in [4.69, 9.17) is 13.3 Å². The minimum absolute atomic E-state index is 0. The van der Waals surface area contributed by atoms with Crippen molar-refractivity contribution < 1.29 is 13.3 Å². The van der Waals surface area contributed by atoms with Crippen LogP contribution in [0.5, 0.6) is 0 Å². The zero-order valence-corrected chi connectivity index (χ0v) is 2.53. The van der Waals surface area contributed by atoms with Crippen LogP contribution in [0.4, 0.5) is 0 Å². The molecule has 0 rings (SSSR count). The Morgan fingerprint density at radius 1 is 1.40 bits per heavy atom. The van der Waals surface area contributed by atoms with Crippen molar-refractivity contribution in [1.82, 2.24) is 0 Å². The van der Waals surface area contributed by atoms with Gasteiger partial charge in [0.05, 0.1) is 0 Å². The Labute approximate surface area is 44.9 Å². The summed E-state index contributed by atoms with van der Waals surface area (Å²) < 4.78 is 22.8. The molecule has 5 heavy (non-hydrogen) atoms. The third-order valence-electron chi connectivity index (χ3n) is 0. The zero-order valence-electron chi connectivity index (χ0n) is 1.71. The van der Waals surface area contributed by atoms with Gasteiger partial charge in [-0.15, -0.1) is 0 Å². The van der Waals surface area contributed by atoms with E-state index in [1.165, 1.54) is 0 Å². The molecule has 0 aliphatic heterocycles. The Kier molecular flexibility index (Phi) is 8.66. The van der Waals surface area contributed by atoms with Gasteiger partial charge in [0.2, 0.25) is 0 Å². The van der Waals surface area contributed by atoms with Gasteiger partial charge in [0.15, 0.2) is 0 Å². The Hall–Kier alpha value is 0.706. The molecule has 0 bridgehead atoms. The van der Waals surface area contributed by atoms with E-state index in [1.54, 1.807) is 0 Å². The first-order chi connectivity index (χ1) is 1.73. The summed E-state index contributed by atoms with van der Waals surface area (Å²) in [6.07, 6.45) is 0. The van der Waals surface area contributed by atoms with Crippen LogP contribution in [0.2, 0.25) is 0 Å². The van der Waals surface area contributed by atoms with Gasteiger partial charge in [-0.3, -0.25) is 9.11 Å². The van der Waals surface area contributed by atoms with Crippen LogP contribution in [0.1, 0.15) is 0 Å². The van der Waals surface area contributed by atoms with Gasteiger partial charge >= 0.3 is 19.8 Å². The van der Waals surface area contributed by atoms with Gasteiger partial charge in [0.25, 0.3) is 11.4 Å². The standard InChI is InChI=1S/Ga.H2O3S.3H/c;1-4(2)3;;;/h;(H2,1,2,3);;;. The van der Waals surface area contributed by atoms with E-state index in [9.17, 15) is 0 Å². The predicted molar refractivity (Wildman–Crippen MR) is 23.3 cm³/mol. The molecule has 0 saturated carbocycles. The Bertz CT molecular complexity index is 29.9. The molecule has 0 aromatic rings. The average molecular weight is 155 g/mol. The second-order valence-electron chi connectivity index (χ2n) is 0.231. The molecule has 2 N–H and O–H groups in total. The topological polar surface area (TPSA) is 57.5 Å². The molecule has 0 aliphatic carbocycles. The van der Waals surface area contributed by atoms with Crippen LogP contribution in [-0.4, -0.2) is 33.1 Å². The Balaban J connectivity index is 0. The molecule has 0 aromatic carbocycles. The van der Waals surface area contributed by atoms with Crippen molar-refractivity contribution >= 4 is 31.2 Å². The van der Waals surface area contributed by atoms with Crippen LogP contribution >= 0.6 is 0 Å². The summed E-state index contributed by atoms with van der Waals surface area (Å²) in [5, 5.41) is 0. The fourth-order valence-electron chi connectivity index (χ4n) is 0. The molecular formula is H5GaO3S. The van der Waals surface area contributed by atoms with Gasteiger partial charge in [0, 0.05) is 0 Å². The molecular weight excluding hydrogens is 150 g/mol. The molecule has 0 aromatic heterocycles. The summed E-state index contributed by atoms with van der Waals surface area (Å²) in [5.74, 6) is 0. The van der Waals surface area contributed by atoms with Gasteiger partial charge in [-0.05, 0) is 0 Å². The molecule has 0 spiro atoms. The molecule has 0 aliphatic rings. The summed E-state index contributed by atoms with van der Waals surface area (Å²) >= 11 is -2.61. The van der Waals surface area contributed by atoms with Crippen LogP contribution < -0.4 is 0 Å². The second kappa shape index (κ2) is 4.71. The molecule has 0 radical (unpaired) electrons. The first-order valence-electron chi connectivity index (χ1n) is 0.532. The summed E-state index contributed by atoms with van der Waals surface area (Å²) in [6.45, 7) is 0. The van der Waals surface area contributed by atoms with Gasteiger partial charge in [0.1, 0.15) is 0 Å². The first kappa shape index (κ1) is 9.20. The van der Waals surface area contributed by atoms with Crippen LogP contribution in [-0.2, 0) is 11.4 Å². The summed E-state index contributed by atoms with van der Waals surface area (Å²) in [7, 11) is 0. The first-order valence-corrected chi connectivity index (χ1v) is 1.60. The summed E-state index contributed by atoms with van der Waals surface area (Å²) in [4.78, 5) is 0. The zero-order chi connectivity index (χ0) is 3.58. The average Bonchev–Trinajstić information content (AvgIpc) is 0.811. The maximum absolute atomic E-state index is 8.67. The van der Waals surface area contributed by atoms with E-state index in [0.29, 0.717) is 0 Å². The number of hydrogen-bond acceptors (Lipinski definition) is 1. The molecule has 0 heterocycles. The predicted octanol–water partition coefficient (Wildman–Crippen LogP) is -1.50. The quantitative estimate of drug-likeness (QED) is 0.330. The van der Waals surface area contributed by atoms with Gasteiger partial charge in [-0.2, -0.15) is 4.21 Å². The van der Waals surface area contributed by atoms with E-state index < -0.39 is 11.4 Å². The van der Waals surface area contributed by atoms with Gasteiger partial charge in [-0.1, -0.05) is 0 Å². The van der Waals surface area contributed by atoms with Crippen molar-refractivity contribution in [3.05, 3.63) is 0 Å². The number of rotatable bonds is 0. The molecule has 0 saturated heterocycles. The van der Waals surface area contributed by atoms with Crippen molar-refractivity contribution in [2.75, 3.05) is 0 Å². The molecule has 32 valence electrons. The van der Waals surface area contributed by atoms with Gasteiger partial charge in [-0.25, -0.2) is 0 Å². The van der Waals surface area contributed by atoms with Crippen molar-refractivity contribution in [1.29, 1.82) is 0 Å². The summed E-state index contributed by atoms with van der Waals surface area (Å²) in [6, 6.07) is 0. The van der Waals surface area contributed by atoms with Crippen molar-refractivity contribution in [2.45, 2.75) is 0 Å². The van der Waals surface area contributed by atoms with E-state index in [0.717, 1.165) is 0 Å². The molecule has 0 unspecified atom stereocenters. The Morgan fingerprint density at radius 2 is 1.40 bits per heavy atom. The molecule has 0 fully saturated rings. The molecule has 0 amide bonds. The fraction of sp³-hybridized carbons (Fsp3) is 0. The third kappa shape index (κ3) is 69.1. The third-order valence-corrected chi connectivity index (χ3v) is 0. The Morgan fingerprint density at radius 3 is 1.40 bits per heavy atom. The summed E-state index contributed by atoms with van der Waals surface area (Å²) in [5.41, 5.74) is 0. The monoisotopic (exact) mass is 154 g/mol. The van der Waals surface area contributed by atoms with E-state index >= 15 is 0 Å². The molecule has 5 heteroatoms. The minimum atomic E-state index is -2.61. The van der Waals surface area contributed by atoms with E-state index in [2.05, 4.69) is 0 Å². The normalized spacial score (nSPS) is 7.00. The van der Waals surface area contributed by atoms with Crippen LogP contribution in [0.25, 0.3) is 0 Å². The van der Waals surface area contributed by atoms with Crippen molar-refractivity contribution in [2.24, 2.45) is 0 Å². The fourth-order valence-corrected chi connectivity index (χ4v) is 0. The maximum atomic E-state index is 8.67. The van der Waals surface area contributed by atoms with Crippen molar-refractivity contribution in [3.63, 3.8) is 0 Å². The van der Waals surface area contributed by atoms with Crippen LogP contribution in [0.15, 0.2) is 0 Å². The van der Waals surface area contributed by atoms with Crippen LogP contribution in [0.3, 0.4) is 0 Å². The van der Waals surface area contributed by atoms with E-state index in [1.807, 2.05) is 0 Å². The van der Waals surface area contributed by atoms with E-state index in [-0.39, 0.29) is 19.8 Å². The molecule has 3 nitrogen and oxygen atoms in total. The van der Waals surface area contributed by atoms with Crippen molar-refractivity contribution in [3.8, 4) is 0 Å². The molecule has 0 atom stereocenters.